The van der Waals surface area contributed by atoms with Crippen LogP contribution in [-0.2, 0) is 0 Å². The molecular formula is C17H20N2O. The van der Waals surface area contributed by atoms with Crippen LogP contribution in [-0.4, -0.2) is 18.1 Å². The molecule has 0 amide bonds. The molecule has 1 aromatic heterocycles. The van der Waals surface area contributed by atoms with Crippen molar-refractivity contribution in [1.29, 1.82) is 0 Å². The zero-order valence-electron chi connectivity index (χ0n) is 11.7. The molecule has 3 nitrogen and oxygen atoms in total. The van der Waals surface area contributed by atoms with Gasteiger partial charge in [-0.25, -0.2) is 4.98 Å². The van der Waals surface area contributed by atoms with Crippen molar-refractivity contribution in [2.75, 3.05) is 13.1 Å². The topological polar surface area (TPSA) is 38.1 Å². The van der Waals surface area contributed by atoms with Crippen molar-refractivity contribution in [2.45, 2.75) is 38.0 Å². The van der Waals surface area contributed by atoms with Crippen molar-refractivity contribution in [1.82, 2.24) is 10.3 Å². The molecule has 0 spiro atoms. The number of allylic oxidation sites excluding steroid dienone is 4. The summed E-state index contributed by atoms with van der Waals surface area (Å²) in [5, 5.41) is 3.44. The van der Waals surface area contributed by atoms with Crippen molar-refractivity contribution >= 4 is 5.57 Å². The van der Waals surface area contributed by atoms with E-state index in [2.05, 4.69) is 28.2 Å². The summed E-state index contributed by atoms with van der Waals surface area (Å²) in [6.45, 7) is 2.21. The van der Waals surface area contributed by atoms with Crippen LogP contribution >= 0.6 is 0 Å². The Labute approximate surface area is 120 Å². The monoisotopic (exact) mass is 268 g/mol. The van der Waals surface area contributed by atoms with Gasteiger partial charge in [0.2, 0.25) is 0 Å². The molecule has 104 valence electrons. The van der Waals surface area contributed by atoms with Crippen LogP contribution in [0.15, 0.2) is 28.8 Å². The van der Waals surface area contributed by atoms with Crippen molar-refractivity contribution in [3.63, 3.8) is 0 Å². The van der Waals surface area contributed by atoms with Gasteiger partial charge in [0.05, 0.1) is 11.8 Å². The van der Waals surface area contributed by atoms with Gasteiger partial charge in [0.15, 0.2) is 11.7 Å². The number of oxazole rings is 1. The molecule has 0 unspecified atom stereocenters. The van der Waals surface area contributed by atoms with Crippen LogP contribution in [0.4, 0.5) is 0 Å². The second-order valence-electron chi connectivity index (χ2n) is 5.31. The summed E-state index contributed by atoms with van der Waals surface area (Å²) in [5.74, 6) is 8.39. The Morgan fingerprint density at radius 3 is 2.95 bits per heavy atom. The molecule has 3 rings (SSSR count). The van der Waals surface area contributed by atoms with E-state index in [1.54, 1.807) is 0 Å². The molecule has 1 N–H and O–H groups in total. The quantitative estimate of drug-likeness (QED) is 0.837. The first-order valence-electron chi connectivity index (χ1n) is 7.46. The predicted molar refractivity (Wildman–Crippen MR) is 80.1 cm³/mol. The van der Waals surface area contributed by atoms with Gasteiger partial charge in [-0.15, -0.1) is 0 Å². The zero-order valence-corrected chi connectivity index (χ0v) is 11.7. The minimum absolute atomic E-state index is 0.459. The summed E-state index contributed by atoms with van der Waals surface area (Å²) in [6, 6.07) is 0. The molecular weight excluding hydrogens is 248 g/mol. The molecule has 20 heavy (non-hydrogen) atoms. The van der Waals surface area contributed by atoms with Crippen LogP contribution in [0.3, 0.4) is 0 Å². The summed E-state index contributed by atoms with van der Waals surface area (Å²) in [4.78, 5) is 4.50. The lowest BCUT2D eigenvalue weighted by Gasteiger charge is -2.17. The smallest absolute Gasteiger partial charge is 0.198 e. The first-order valence-corrected chi connectivity index (χ1v) is 7.46. The molecule has 0 atom stereocenters. The Hall–Kier alpha value is -1.79. The van der Waals surface area contributed by atoms with Gasteiger partial charge in [-0.2, -0.15) is 0 Å². The molecule has 0 saturated carbocycles. The van der Waals surface area contributed by atoms with Gasteiger partial charge in [-0.05, 0) is 44.8 Å². The highest BCUT2D eigenvalue weighted by Gasteiger charge is 2.19. The lowest BCUT2D eigenvalue weighted by atomic mass is 9.96. The normalized spacial score (nSPS) is 20.3. The minimum atomic E-state index is 0.459. The van der Waals surface area contributed by atoms with E-state index in [4.69, 9.17) is 4.42 Å². The molecule has 2 aliphatic rings. The van der Waals surface area contributed by atoms with E-state index in [0.29, 0.717) is 5.92 Å². The highest BCUT2D eigenvalue weighted by Crippen LogP contribution is 2.28. The first kappa shape index (κ1) is 13.2. The van der Waals surface area contributed by atoms with Crippen LogP contribution in [0.5, 0.6) is 0 Å². The van der Waals surface area contributed by atoms with E-state index >= 15 is 0 Å². The van der Waals surface area contributed by atoms with Gasteiger partial charge in [0, 0.05) is 12.3 Å². The fraction of sp³-hybridized carbons (Fsp3) is 0.471. The number of hydrogen-bond acceptors (Lipinski definition) is 3. The van der Waals surface area contributed by atoms with Crippen LogP contribution in [0.1, 0.15) is 49.7 Å². The highest BCUT2D eigenvalue weighted by molar-refractivity contribution is 5.77. The van der Waals surface area contributed by atoms with Crippen LogP contribution in [0.25, 0.3) is 5.57 Å². The van der Waals surface area contributed by atoms with E-state index < -0.39 is 0 Å². The van der Waals surface area contributed by atoms with E-state index in [-0.39, 0.29) is 0 Å². The zero-order chi connectivity index (χ0) is 13.6. The second-order valence-corrected chi connectivity index (χ2v) is 5.31. The fourth-order valence-electron chi connectivity index (χ4n) is 2.69. The van der Waals surface area contributed by atoms with E-state index in [1.807, 2.05) is 18.3 Å². The Morgan fingerprint density at radius 1 is 1.25 bits per heavy atom. The van der Waals surface area contributed by atoms with Crippen LogP contribution in [0.2, 0.25) is 0 Å². The summed E-state index contributed by atoms with van der Waals surface area (Å²) < 4.78 is 5.98. The minimum Gasteiger partial charge on any atom is -0.440 e. The average molecular weight is 268 g/mol. The maximum absolute atomic E-state index is 5.98. The number of hydrogen-bond donors (Lipinski definition) is 1. The SMILES string of the molecule is C1#CC(c2cnc(C3CCCNCCC3)o2)=CC=CC1. The van der Waals surface area contributed by atoms with Gasteiger partial charge >= 0.3 is 0 Å². The van der Waals surface area contributed by atoms with Crippen LogP contribution in [0, 0.1) is 11.8 Å². The standard InChI is InChI=1S/C17H20N2O/c1-2-4-8-14(7-3-1)16-13-19-17(20-16)15-9-5-11-18-12-6-10-15/h1,3,7,13,15,18H,2,5-6,9-12H2. The largest absolute Gasteiger partial charge is 0.440 e. The summed E-state index contributed by atoms with van der Waals surface area (Å²) >= 11 is 0. The summed E-state index contributed by atoms with van der Waals surface area (Å²) in [5.41, 5.74) is 0.935. The lowest BCUT2D eigenvalue weighted by Crippen LogP contribution is -2.20. The number of nitrogens with zero attached hydrogens (tertiary/aromatic N) is 1. The van der Waals surface area contributed by atoms with Crippen molar-refractivity contribution < 1.29 is 4.42 Å². The molecule has 2 heterocycles. The van der Waals surface area contributed by atoms with Gasteiger partial charge in [0.25, 0.3) is 0 Å². The second kappa shape index (κ2) is 6.58. The third-order valence-corrected chi connectivity index (χ3v) is 3.79. The fourth-order valence-corrected chi connectivity index (χ4v) is 2.69. The van der Waals surface area contributed by atoms with E-state index in [9.17, 15) is 0 Å². The van der Waals surface area contributed by atoms with E-state index in [1.165, 1.54) is 12.8 Å². The molecule has 0 bridgehead atoms. The molecule has 1 aromatic rings. The Morgan fingerprint density at radius 2 is 2.10 bits per heavy atom. The summed E-state index contributed by atoms with van der Waals surface area (Å²) in [6.07, 6.45) is 13.4. The maximum atomic E-state index is 5.98. The predicted octanol–water partition coefficient (Wildman–Crippen LogP) is 3.27. The molecule has 1 fully saturated rings. The maximum Gasteiger partial charge on any atom is 0.198 e. The van der Waals surface area contributed by atoms with Crippen molar-refractivity contribution in [2.24, 2.45) is 0 Å². The van der Waals surface area contributed by atoms with E-state index in [0.717, 1.165) is 49.6 Å². The Kier molecular flexibility index (Phi) is 4.35. The molecule has 3 heteroatoms. The number of nitrogens with one attached hydrogen (secondary N) is 1. The Bertz CT molecular complexity index is 563. The van der Waals surface area contributed by atoms with Crippen LogP contribution < -0.4 is 5.32 Å². The molecule has 1 aliphatic heterocycles. The van der Waals surface area contributed by atoms with Crippen molar-refractivity contribution in [3.8, 4) is 11.8 Å². The number of rotatable bonds is 2. The van der Waals surface area contributed by atoms with Gasteiger partial charge in [-0.1, -0.05) is 24.0 Å². The van der Waals surface area contributed by atoms with Gasteiger partial charge < -0.3 is 9.73 Å². The highest BCUT2D eigenvalue weighted by atomic mass is 16.4. The van der Waals surface area contributed by atoms with Gasteiger partial charge in [0.1, 0.15) is 0 Å². The molecule has 1 saturated heterocycles. The third kappa shape index (κ3) is 3.20. The first-order chi connectivity index (χ1) is 9.93. The molecule has 0 aromatic carbocycles. The van der Waals surface area contributed by atoms with Crippen molar-refractivity contribution in [3.05, 3.63) is 36.1 Å². The lowest BCUT2D eigenvalue weighted by molar-refractivity contribution is 0.379. The van der Waals surface area contributed by atoms with Gasteiger partial charge in [-0.3, -0.25) is 0 Å². The number of aromatic nitrogens is 1. The third-order valence-electron chi connectivity index (χ3n) is 3.79. The molecule has 1 aliphatic carbocycles. The Balaban J connectivity index is 1.76. The molecule has 0 radical (unpaired) electrons. The summed E-state index contributed by atoms with van der Waals surface area (Å²) in [7, 11) is 0. The average Bonchev–Trinajstić information content (AvgIpc) is 2.74.